The second kappa shape index (κ2) is 13.3. The first kappa shape index (κ1) is 23.0. The van der Waals surface area contributed by atoms with E-state index in [2.05, 4.69) is 70.5 Å². The zero-order valence-electron chi connectivity index (χ0n) is 16.9. The van der Waals surface area contributed by atoms with E-state index < -0.39 is 8.32 Å². The summed E-state index contributed by atoms with van der Waals surface area (Å²) in [5.74, 6) is 12.7. The van der Waals surface area contributed by atoms with E-state index in [9.17, 15) is 0 Å². The zero-order valence-corrected chi connectivity index (χ0v) is 17.9. The van der Waals surface area contributed by atoms with Gasteiger partial charge in [-0.1, -0.05) is 58.5 Å². The second-order valence-electron chi connectivity index (χ2n) is 7.79. The van der Waals surface area contributed by atoms with Crippen LogP contribution >= 0.6 is 0 Å². The molecule has 0 atom stereocenters. The van der Waals surface area contributed by atoms with Crippen LogP contribution in [0.4, 0.5) is 0 Å². The number of hydrogen-bond donors (Lipinski definition) is 0. The van der Waals surface area contributed by atoms with E-state index in [4.69, 9.17) is 4.43 Å². The van der Waals surface area contributed by atoms with Gasteiger partial charge in [0.15, 0.2) is 8.32 Å². The van der Waals surface area contributed by atoms with E-state index in [1.807, 2.05) is 6.08 Å². The molecular formula is C22H38OSi. The summed E-state index contributed by atoms with van der Waals surface area (Å²) in [6.45, 7) is 14.5. The van der Waals surface area contributed by atoms with E-state index in [1.165, 1.54) is 19.3 Å². The molecule has 0 aliphatic rings. The Kier molecular flexibility index (Phi) is 12.8. The molecule has 136 valence electrons. The molecule has 0 spiro atoms. The molecule has 0 unspecified atom stereocenters. The molecule has 0 saturated heterocycles. The van der Waals surface area contributed by atoms with Gasteiger partial charge >= 0.3 is 0 Å². The molecule has 1 nitrogen and oxygen atoms in total. The summed E-state index contributed by atoms with van der Waals surface area (Å²) in [7, 11) is -1.57. The SMILES string of the molecule is CCCCCC#CCCC#C/C=C/CCCO[Si](C)(C)C(C)(C)C. The van der Waals surface area contributed by atoms with Gasteiger partial charge in [-0.15, -0.1) is 11.8 Å². The van der Waals surface area contributed by atoms with Crippen LogP contribution in [0.15, 0.2) is 12.2 Å². The first-order valence-electron chi connectivity index (χ1n) is 9.54. The Morgan fingerprint density at radius 2 is 1.58 bits per heavy atom. The Morgan fingerprint density at radius 1 is 0.917 bits per heavy atom. The average Bonchev–Trinajstić information content (AvgIpc) is 2.50. The van der Waals surface area contributed by atoms with Gasteiger partial charge in [-0.3, -0.25) is 0 Å². The van der Waals surface area contributed by atoms with Crippen LogP contribution in [0.2, 0.25) is 18.1 Å². The van der Waals surface area contributed by atoms with E-state index >= 15 is 0 Å². The Morgan fingerprint density at radius 3 is 2.25 bits per heavy atom. The highest BCUT2D eigenvalue weighted by Crippen LogP contribution is 2.36. The average molecular weight is 347 g/mol. The third-order valence-electron chi connectivity index (χ3n) is 4.49. The van der Waals surface area contributed by atoms with Crippen LogP contribution in [0.3, 0.4) is 0 Å². The van der Waals surface area contributed by atoms with Crippen molar-refractivity contribution < 1.29 is 4.43 Å². The molecule has 0 heterocycles. The van der Waals surface area contributed by atoms with E-state index in [1.54, 1.807) is 0 Å². The highest BCUT2D eigenvalue weighted by molar-refractivity contribution is 6.74. The largest absolute Gasteiger partial charge is 0.417 e. The minimum atomic E-state index is -1.57. The van der Waals surface area contributed by atoms with Gasteiger partial charge < -0.3 is 4.43 Å². The lowest BCUT2D eigenvalue weighted by Crippen LogP contribution is -2.40. The summed E-state index contributed by atoms with van der Waals surface area (Å²) >= 11 is 0. The van der Waals surface area contributed by atoms with E-state index in [-0.39, 0.29) is 0 Å². The van der Waals surface area contributed by atoms with Crippen LogP contribution in [0.5, 0.6) is 0 Å². The minimum absolute atomic E-state index is 0.299. The lowest BCUT2D eigenvalue weighted by atomic mass is 10.2. The Hall–Kier alpha value is -0.963. The van der Waals surface area contributed by atoms with Crippen molar-refractivity contribution in [3.8, 4) is 23.7 Å². The topological polar surface area (TPSA) is 9.23 Å². The summed E-state index contributed by atoms with van der Waals surface area (Å²) < 4.78 is 6.15. The first-order chi connectivity index (χ1) is 11.3. The maximum atomic E-state index is 6.15. The Labute approximate surface area is 152 Å². The van der Waals surface area contributed by atoms with Crippen molar-refractivity contribution >= 4 is 8.32 Å². The highest BCUT2D eigenvalue weighted by Gasteiger charge is 2.36. The van der Waals surface area contributed by atoms with Crippen LogP contribution in [0.25, 0.3) is 0 Å². The van der Waals surface area contributed by atoms with Crippen LogP contribution in [0.1, 0.15) is 79.1 Å². The van der Waals surface area contributed by atoms with Crippen LogP contribution < -0.4 is 0 Å². The fourth-order valence-corrected chi connectivity index (χ4v) is 2.87. The maximum Gasteiger partial charge on any atom is 0.191 e. The summed E-state index contributed by atoms with van der Waals surface area (Å²) in [4.78, 5) is 0. The molecule has 0 aliphatic heterocycles. The molecule has 0 amide bonds. The van der Waals surface area contributed by atoms with Gasteiger partial charge in [-0.2, -0.15) is 0 Å². The maximum absolute atomic E-state index is 6.15. The molecule has 0 aromatic carbocycles. The summed E-state index contributed by atoms with van der Waals surface area (Å²) in [5.41, 5.74) is 0. The van der Waals surface area contributed by atoms with Crippen molar-refractivity contribution in [1.29, 1.82) is 0 Å². The zero-order chi connectivity index (χ0) is 18.3. The van der Waals surface area contributed by atoms with Gasteiger partial charge in [0.1, 0.15) is 0 Å². The molecule has 0 rings (SSSR count). The lowest BCUT2D eigenvalue weighted by molar-refractivity contribution is 0.283. The van der Waals surface area contributed by atoms with Gasteiger partial charge in [0.2, 0.25) is 0 Å². The highest BCUT2D eigenvalue weighted by atomic mass is 28.4. The minimum Gasteiger partial charge on any atom is -0.417 e. The number of hydrogen-bond acceptors (Lipinski definition) is 1. The molecule has 2 heteroatoms. The van der Waals surface area contributed by atoms with Crippen molar-refractivity contribution in [3.05, 3.63) is 12.2 Å². The van der Waals surface area contributed by atoms with Gasteiger partial charge in [-0.05, 0) is 43.5 Å². The molecule has 0 bridgehead atoms. The van der Waals surface area contributed by atoms with Crippen LogP contribution in [-0.4, -0.2) is 14.9 Å². The van der Waals surface area contributed by atoms with Gasteiger partial charge in [0.05, 0.1) is 0 Å². The number of rotatable bonds is 9. The molecule has 0 saturated carbocycles. The monoisotopic (exact) mass is 346 g/mol. The quantitative estimate of drug-likeness (QED) is 0.256. The standard InChI is InChI=1S/C22H38OSi/c1-7-8-9-10-11-12-13-14-15-16-17-18-19-20-21-23-24(5,6)22(2,3)4/h17-18H,7-10,13-14,19-21H2,1-6H3/b18-17+. The fourth-order valence-electron chi connectivity index (χ4n) is 1.78. The van der Waals surface area contributed by atoms with Crippen LogP contribution in [0, 0.1) is 23.7 Å². The Balaban J connectivity index is 3.67. The molecule has 0 N–H and O–H groups in total. The lowest BCUT2D eigenvalue weighted by Gasteiger charge is -2.36. The molecule has 0 fully saturated rings. The third-order valence-corrected chi connectivity index (χ3v) is 9.03. The summed E-state index contributed by atoms with van der Waals surface area (Å²) in [6.07, 6.45) is 12.8. The first-order valence-corrected chi connectivity index (χ1v) is 12.4. The summed E-state index contributed by atoms with van der Waals surface area (Å²) in [6, 6.07) is 0. The number of unbranched alkanes of at least 4 members (excludes halogenated alkanes) is 5. The van der Waals surface area contributed by atoms with Crippen molar-refractivity contribution in [2.24, 2.45) is 0 Å². The molecule has 0 aliphatic carbocycles. The van der Waals surface area contributed by atoms with Crippen LogP contribution in [-0.2, 0) is 4.43 Å². The normalized spacial score (nSPS) is 11.8. The Bertz CT molecular complexity index is 460. The number of allylic oxidation sites excluding steroid dienone is 2. The van der Waals surface area contributed by atoms with E-state index in [0.29, 0.717) is 5.04 Å². The second-order valence-corrected chi connectivity index (χ2v) is 12.6. The van der Waals surface area contributed by atoms with E-state index in [0.717, 1.165) is 38.7 Å². The predicted octanol–water partition coefficient (Wildman–Crippen LogP) is 6.71. The molecule has 0 aromatic heterocycles. The predicted molar refractivity (Wildman–Crippen MR) is 110 cm³/mol. The molecule has 24 heavy (non-hydrogen) atoms. The molecule has 0 aromatic rings. The molecular weight excluding hydrogens is 308 g/mol. The molecule has 0 radical (unpaired) electrons. The van der Waals surface area contributed by atoms with Gasteiger partial charge in [0.25, 0.3) is 0 Å². The van der Waals surface area contributed by atoms with Crippen molar-refractivity contribution in [1.82, 2.24) is 0 Å². The van der Waals surface area contributed by atoms with Gasteiger partial charge in [-0.25, -0.2) is 0 Å². The fraction of sp³-hybridized carbons (Fsp3) is 0.727. The smallest absolute Gasteiger partial charge is 0.191 e. The van der Waals surface area contributed by atoms with Gasteiger partial charge in [0, 0.05) is 25.9 Å². The summed E-state index contributed by atoms with van der Waals surface area (Å²) in [5, 5.41) is 0.299. The van der Waals surface area contributed by atoms with Crippen molar-refractivity contribution in [2.45, 2.75) is 97.2 Å². The van der Waals surface area contributed by atoms with Crippen molar-refractivity contribution in [2.75, 3.05) is 6.61 Å². The third kappa shape index (κ3) is 12.5. The van der Waals surface area contributed by atoms with Crippen molar-refractivity contribution in [3.63, 3.8) is 0 Å².